The van der Waals surface area contributed by atoms with Gasteiger partial charge in [0.25, 0.3) is 5.91 Å². The third kappa shape index (κ3) is 2.85. The summed E-state index contributed by atoms with van der Waals surface area (Å²) in [6, 6.07) is 0. The molecule has 0 saturated carbocycles. The van der Waals surface area contributed by atoms with Crippen LogP contribution in [0.5, 0.6) is 0 Å². The van der Waals surface area contributed by atoms with Crippen LogP contribution in [0.1, 0.15) is 12.8 Å². The van der Waals surface area contributed by atoms with E-state index in [-0.39, 0.29) is 12.0 Å². The van der Waals surface area contributed by atoms with E-state index >= 15 is 0 Å². The third-order valence-corrected chi connectivity index (χ3v) is 3.49. The van der Waals surface area contributed by atoms with E-state index in [9.17, 15) is 14.4 Å². The molecule has 0 aromatic rings. The van der Waals surface area contributed by atoms with Crippen LogP contribution in [0.3, 0.4) is 0 Å². The number of nitrogens with zero attached hydrogens (tertiary/aromatic N) is 2. The number of rotatable bonds is 3. The Morgan fingerprint density at radius 1 is 1.37 bits per heavy atom. The molecule has 2 aliphatic heterocycles. The Bertz CT molecular complexity index is 400. The average molecular weight is 270 g/mol. The Hall–Kier alpha value is -1.67. The number of hydrazine groups is 1. The second-order valence-corrected chi connectivity index (χ2v) is 4.81. The quantitative estimate of drug-likeness (QED) is 0.263. The van der Waals surface area contributed by atoms with Crippen molar-refractivity contribution in [2.45, 2.75) is 25.0 Å². The summed E-state index contributed by atoms with van der Waals surface area (Å²) in [7, 11) is 1.60. The van der Waals surface area contributed by atoms with Gasteiger partial charge in [0.2, 0.25) is 0 Å². The predicted octanol–water partition coefficient (Wildman–Crippen LogP) is -2.18. The lowest BCUT2D eigenvalue weighted by atomic mass is 10.1. The molecular weight excluding hydrogens is 252 g/mol. The summed E-state index contributed by atoms with van der Waals surface area (Å²) in [6.07, 6.45) is 0.464. The lowest BCUT2D eigenvalue weighted by Crippen LogP contribution is -2.54. The van der Waals surface area contributed by atoms with Crippen LogP contribution in [0.2, 0.25) is 0 Å². The zero-order valence-electron chi connectivity index (χ0n) is 10.8. The highest BCUT2D eigenvalue weighted by molar-refractivity contribution is 6.35. The van der Waals surface area contributed by atoms with Gasteiger partial charge in [0.1, 0.15) is 6.10 Å². The molecule has 2 heterocycles. The highest BCUT2D eigenvalue weighted by Crippen LogP contribution is 2.21. The Morgan fingerprint density at radius 2 is 2.11 bits per heavy atom. The minimum atomic E-state index is -0.562. The molecule has 106 valence electrons. The summed E-state index contributed by atoms with van der Waals surface area (Å²) in [5.74, 6) is 3.68. The fourth-order valence-corrected chi connectivity index (χ4v) is 2.32. The molecule has 0 spiro atoms. The largest absolute Gasteiger partial charge is 0.363 e. The van der Waals surface area contributed by atoms with E-state index in [0.29, 0.717) is 32.5 Å². The van der Waals surface area contributed by atoms with Gasteiger partial charge in [-0.2, -0.15) is 0 Å². The van der Waals surface area contributed by atoms with Crippen molar-refractivity contribution < 1.29 is 19.1 Å². The molecule has 19 heavy (non-hydrogen) atoms. The molecular formula is C11H18N4O4. The first-order valence-electron chi connectivity index (χ1n) is 6.23. The average Bonchev–Trinajstić information content (AvgIpc) is 2.87. The Balaban J connectivity index is 1.87. The zero-order chi connectivity index (χ0) is 14.0. The van der Waals surface area contributed by atoms with Crippen LogP contribution in [0.25, 0.3) is 0 Å². The third-order valence-electron chi connectivity index (χ3n) is 3.49. The highest BCUT2D eigenvalue weighted by Gasteiger charge is 2.36. The molecule has 2 aliphatic rings. The van der Waals surface area contributed by atoms with Gasteiger partial charge < -0.3 is 14.5 Å². The van der Waals surface area contributed by atoms with Crippen LogP contribution in [0.4, 0.5) is 0 Å². The minimum absolute atomic E-state index is 0.220. The molecule has 2 unspecified atom stereocenters. The van der Waals surface area contributed by atoms with Crippen molar-refractivity contribution in [2.24, 2.45) is 5.84 Å². The van der Waals surface area contributed by atoms with Gasteiger partial charge in [-0.15, -0.1) is 0 Å². The van der Waals surface area contributed by atoms with Gasteiger partial charge in [-0.05, 0) is 12.8 Å². The first-order chi connectivity index (χ1) is 9.02. The number of likely N-dealkylation sites (N-methyl/N-ethyl adjacent to an activating group) is 1. The second kappa shape index (κ2) is 5.54. The van der Waals surface area contributed by atoms with E-state index in [1.807, 2.05) is 5.43 Å². The van der Waals surface area contributed by atoms with Crippen molar-refractivity contribution in [1.82, 2.24) is 15.2 Å². The molecule has 0 aliphatic carbocycles. The minimum Gasteiger partial charge on any atom is -0.363 e. The summed E-state index contributed by atoms with van der Waals surface area (Å²) in [6.45, 7) is 1.35. The molecule has 8 heteroatoms. The molecule has 0 radical (unpaired) electrons. The molecule has 3 N–H and O–H groups in total. The van der Waals surface area contributed by atoms with Crippen molar-refractivity contribution in [3.05, 3.63) is 0 Å². The van der Waals surface area contributed by atoms with E-state index in [2.05, 4.69) is 0 Å². The topological polar surface area (TPSA) is 105 Å². The second-order valence-electron chi connectivity index (χ2n) is 4.81. The summed E-state index contributed by atoms with van der Waals surface area (Å²) in [5, 5.41) is 0. The SMILES string of the molecule is CN1CCN(CC2CCC(C(=O)NN)O2)C(=O)C1=O. The number of piperazine rings is 1. The molecule has 0 aromatic carbocycles. The van der Waals surface area contributed by atoms with E-state index < -0.39 is 17.9 Å². The van der Waals surface area contributed by atoms with Gasteiger partial charge in [-0.1, -0.05) is 0 Å². The lowest BCUT2D eigenvalue weighted by molar-refractivity contribution is -0.156. The van der Waals surface area contributed by atoms with Crippen LogP contribution in [0, 0.1) is 0 Å². The maximum absolute atomic E-state index is 11.8. The van der Waals surface area contributed by atoms with Crippen LogP contribution in [0.15, 0.2) is 0 Å². The smallest absolute Gasteiger partial charge is 0.312 e. The zero-order valence-corrected chi connectivity index (χ0v) is 10.8. The maximum Gasteiger partial charge on any atom is 0.312 e. The molecule has 2 fully saturated rings. The van der Waals surface area contributed by atoms with E-state index in [4.69, 9.17) is 10.6 Å². The van der Waals surface area contributed by atoms with Crippen LogP contribution >= 0.6 is 0 Å². The summed E-state index contributed by atoms with van der Waals surface area (Å²) in [4.78, 5) is 37.5. The van der Waals surface area contributed by atoms with Gasteiger partial charge in [0.15, 0.2) is 0 Å². The Labute approximate surface area is 110 Å². The molecule has 3 amide bonds. The van der Waals surface area contributed by atoms with Gasteiger partial charge in [-0.25, -0.2) is 5.84 Å². The number of nitrogens with one attached hydrogen (secondary N) is 1. The number of ether oxygens (including phenoxy) is 1. The Kier molecular flexibility index (Phi) is 4.01. The van der Waals surface area contributed by atoms with Crippen molar-refractivity contribution in [2.75, 3.05) is 26.7 Å². The predicted molar refractivity (Wildman–Crippen MR) is 64.4 cm³/mol. The van der Waals surface area contributed by atoms with Crippen LogP contribution < -0.4 is 11.3 Å². The van der Waals surface area contributed by atoms with Gasteiger partial charge in [0.05, 0.1) is 6.10 Å². The fraction of sp³-hybridized carbons (Fsp3) is 0.727. The van der Waals surface area contributed by atoms with Crippen LogP contribution in [-0.4, -0.2) is 66.4 Å². The number of hydrogen-bond donors (Lipinski definition) is 2. The van der Waals surface area contributed by atoms with E-state index in [0.717, 1.165) is 0 Å². The monoisotopic (exact) mass is 270 g/mol. The first-order valence-corrected chi connectivity index (χ1v) is 6.23. The van der Waals surface area contributed by atoms with E-state index in [1.54, 1.807) is 7.05 Å². The summed E-state index contributed by atoms with van der Waals surface area (Å²) in [5.41, 5.74) is 2.05. The summed E-state index contributed by atoms with van der Waals surface area (Å²) >= 11 is 0. The van der Waals surface area contributed by atoms with Crippen molar-refractivity contribution in [1.29, 1.82) is 0 Å². The number of hydrogen-bond acceptors (Lipinski definition) is 5. The normalized spacial score (nSPS) is 27.9. The maximum atomic E-state index is 11.8. The molecule has 2 saturated heterocycles. The van der Waals surface area contributed by atoms with Crippen LogP contribution in [-0.2, 0) is 19.1 Å². The van der Waals surface area contributed by atoms with Gasteiger partial charge in [0, 0.05) is 26.7 Å². The number of amides is 3. The van der Waals surface area contributed by atoms with Gasteiger partial charge in [-0.3, -0.25) is 19.8 Å². The van der Waals surface area contributed by atoms with Crippen molar-refractivity contribution in [3.8, 4) is 0 Å². The Morgan fingerprint density at radius 3 is 2.79 bits per heavy atom. The summed E-state index contributed by atoms with van der Waals surface area (Å²) < 4.78 is 5.52. The lowest BCUT2D eigenvalue weighted by Gasteiger charge is -2.32. The standard InChI is InChI=1S/C11H18N4O4/c1-14-4-5-15(11(18)10(14)17)6-7-2-3-8(19-7)9(16)13-12/h7-8H,2-6,12H2,1H3,(H,13,16). The molecule has 2 atom stereocenters. The molecule has 2 rings (SSSR count). The molecule has 8 nitrogen and oxygen atoms in total. The first kappa shape index (κ1) is 13.8. The molecule has 0 bridgehead atoms. The highest BCUT2D eigenvalue weighted by atomic mass is 16.5. The van der Waals surface area contributed by atoms with Crippen molar-refractivity contribution in [3.63, 3.8) is 0 Å². The number of carbonyl (C=O) groups excluding carboxylic acids is 3. The molecule has 0 aromatic heterocycles. The van der Waals surface area contributed by atoms with Gasteiger partial charge >= 0.3 is 11.8 Å². The number of carbonyl (C=O) groups is 3. The van der Waals surface area contributed by atoms with Crippen molar-refractivity contribution >= 4 is 17.7 Å². The fourth-order valence-electron chi connectivity index (χ4n) is 2.32. The number of nitrogens with two attached hydrogens (primary N) is 1. The van der Waals surface area contributed by atoms with E-state index in [1.165, 1.54) is 9.80 Å².